The molecule has 1 fully saturated rings. The molecule has 0 heterocycles. The normalized spacial score (nSPS) is 15.9. The van der Waals surface area contributed by atoms with E-state index in [0.29, 0.717) is 12.5 Å². The maximum Gasteiger partial charge on any atom is 0.315 e. The van der Waals surface area contributed by atoms with Crippen molar-refractivity contribution in [2.24, 2.45) is 5.92 Å². The number of benzene rings is 2. The van der Waals surface area contributed by atoms with Gasteiger partial charge in [-0.15, -0.1) is 0 Å². The minimum Gasteiger partial charge on any atom is -0.497 e. The van der Waals surface area contributed by atoms with Crippen LogP contribution >= 0.6 is 0 Å². The highest BCUT2D eigenvalue weighted by atomic mass is 16.5. The van der Waals surface area contributed by atoms with Crippen LogP contribution in [0.2, 0.25) is 0 Å². The predicted molar refractivity (Wildman–Crippen MR) is 99.9 cm³/mol. The Bertz CT molecular complexity index is 681. The summed E-state index contributed by atoms with van der Waals surface area (Å²) in [6.45, 7) is 2.74. The predicted octanol–water partition coefficient (Wildman–Crippen LogP) is 4.25. The first-order valence-corrected chi connectivity index (χ1v) is 8.90. The molecule has 132 valence electrons. The molecule has 2 N–H and O–H groups in total. The zero-order valence-corrected chi connectivity index (χ0v) is 14.9. The summed E-state index contributed by atoms with van der Waals surface area (Å²) < 4.78 is 5.21. The lowest BCUT2D eigenvalue weighted by molar-refractivity contribution is 0.235. The number of amides is 2. The molecule has 25 heavy (non-hydrogen) atoms. The van der Waals surface area contributed by atoms with Crippen LogP contribution in [0.25, 0.3) is 0 Å². The molecule has 0 saturated heterocycles. The van der Waals surface area contributed by atoms with Gasteiger partial charge in [0.25, 0.3) is 0 Å². The van der Waals surface area contributed by atoms with E-state index in [-0.39, 0.29) is 18.0 Å². The Balaban J connectivity index is 1.56. The molecule has 2 unspecified atom stereocenters. The standard InChI is InChI=1S/C21H26N2O2/c1-15(16-6-4-3-5-7-16)14-22-21(24)23-20(17-8-9-17)18-10-12-19(25-2)13-11-18/h3-7,10-13,15,17,20H,8-9,14H2,1-2H3,(H2,22,23,24). The van der Waals surface area contributed by atoms with Crippen molar-refractivity contribution in [1.82, 2.24) is 10.6 Å². The van der Waals surface area contributed by atoms with E-state index in [0.717, 1.165) is 24.2 Å². The van der Waals surface area contributed by atoms with Gasteiger partial charge in [-0.1, -0.05) is 49.4 Å². The van der Waals surface area contributed by atoms with Crippen molar-refractivity contribution in [3.05, 3.63) is 65.7 Å². The maximum atomic E-state index is 12.4. The van der Waals surface area contributed by atoms with E-state index in [2.05, 4.69) is 29.7 Å². The van der Waals surface area contributed by atoms with Crippen molar-refractivity contribution in [2.45, 2.75) is 31.7 Å². The minimum absolute atomic E-state index is 0.0675. The van der Waals surface area contributed by atoms with Gasteiger partial charge in [0.15, 0.2) is 0 Å². The van der Waals surface area contributed by atoms with Crippen LogP contribution in [0.5, 0.6) is 5.75 Å². The summed E-state index contributed by atoms with van der Waals surface area (Å²) in [5.41, 5.74) is 2.37. The SMILES string of the molecule is COc1ccc(C(NC(=O)NCC(C)c2ccccc2)C2CC2)cc1. The fraction of sp³-hybridized carbons (Fsp3) is 0.381. The van der Waals surface area contributed by atoms with Gasteiger partial charge >= 0.3 is 6.03 Å². The van der Waals surface area contributed by atoms with Gasteiger partial charge in [0, 0.05) is 6.54 Å². The van der Waals surface area contributed by atoms with E-state index in [4.69, 9.17) is 4.74 Å². The van der Waals surface area contributed by atoms with E-state index in [1.54, 1.807) is 7.11 Å². The largest absolute Gasteiger partial charge is 0.497 e. The van der Waals surface area contributed by atoms with Crippen LogP contribution < -0.4 is 15.4 Å². The van der Waals surface area contributed by atoms with E-state index >= 15 is 0 Å². The molecule has 0 aliphatic heterocycles. The Morgan fingerprint density at radius 1 is 1.08 bits per heavy atom. The first kappa shape index (κ1) is 17.3. The van der Waals surface area contributed by atoms with Crippen LogP contribution in [-0.4, -0.2) is 19.7 Å². The fourth-order valence-electron chi connectivity index (χ4n) is 3.05. The average molecular weight is 338 g/mol. The molecule has 3 rings (SSSR count). The minimum atomic E-state index is -0.101. The second kappa shape index (κ2) is 8.06. The van der Waals surface area contributed by atoms with Gasteiger partial charge in [-0.05, 0) is 47.9 Å². The number of methoxy groups -OCH3 is 1. The van der Waals surface area contributed by atoms with Crippen LogP contribution in [0, 0.1) is 5.92 Å². The second-order valence-electron chi connectivity index (χ2n) is 6.75. The summed E-state index contributed by atoms with van der Waals surface area (Å²) in [6, 6.07) is 18.2. The highest BCUT2D eigenvalue weighted by molar-refractivity contribution is 5.74. The summed E-state index contributed by atoms with van der Waals surface area (Å²) in [5.74, 6) is 1.65. The van der Waals surface area contributed by atoms with Crippen LogP contribution in [0.4, 0.5) is 4.79 Å². The molecular weight excluding hydrogens is 312 g/mol. The van der Waals surface area contributed by atoms with Gasteiger partial charge in [-0.2, -0.15) is 0 Å². The summed E-state index contributed by atoms with van der Waals surface area (Å²) >= 11 is 0. The molecule has 4 heteroatoms. The van der Waals surface area contributed by atoms with Gasteiger partial charge in [-0.25, -0.2) is 4.79 Å². The number of carbonyl (C=O) groups is 1. The lowest BCUT2D eigenvalue weighted by Crippen LogP contribution is -2.40. The third-order valence-electron chi connectivity index (χ3n) is 4.79. The molecule has 1 aliphatic rings. The van der Waals surface area contributed by atoms with Crippen molar-refractivity contribution in [1.29, 1.82) is 0 Å². The Morgan fingerprint density at radius 2 is 1.76 bits per heavy atom. The van der Waals surface area contributed by atoms with Crippen molar-refractivity contribution < 1.29 is 9.53 Å². The zero-order valence-electron chi connectivity index (χ0n) is 14.9. The molecule has 2 aromatic rings. The van der Waals surface area contributed by atoms with E-state index in [1.807, 2.05) is 42.5 Å². The van der Waals surface area contributed by atoms with E-state index < -0.39 is 0 Å². The maximum absolute atomic E-state index is 12.4. The van der Waals surface area contributed by atoms with Gasteiger partial charge in [0.1, 0.15) is 5.75 Å². The molecular formula is C21H26N2O2. The first-order chi connectivity index (χ1) is 12.2. The van der Waals surface area contributed by atoms with Crippen LogP contribution in [0.15, 0.2) is 54.6 Å². The summed E-state index contributed by atoms with van der Waals surface area (Å²) in [6.07, 6.45) is 2.33. The van der Waals surface area contributed by atoms with Crippen molar-refractivity contribution in [3.63, 3.8) is 0 Å². The highest BCUT2D eigenvalue weighted by Crippen LogP contribution is 2.41. The summed E-state index contributed by atoms with van der Waals surface area (Å²) in [7, 11) is 1.66. The quantitative estimate of drug-likeness (QED) is 0.793. The smallest absolute Gasteiger partial charge is 0.315 e. The number of nitrogens with one attached hydrogen (secondary N) is 2. The number of hydrogen-bond acceptors (Lipinski definition) is 2. The first-order valence-electron chi connectivity index (χ1n) is 8.90. The molecule has 2 amide bonds. The Hall–Kier alpha value is -2.49. The topological polar surface area (TPSA) is 50.4 Å². The Labute approximate surface area is 149 Å². The average Bonchev–Trinajstić information content (AvgIpc) is 3.50. The van der Waals surface area contributed by atoms with Gasteiger partial charge in [-0.3, -0.25) is 0 Å². The van der Waals surface area contributed by atoms with Gasteiger partial charge < -0.3 is 15.4 Å². The third kappa shape index (κ3) is 4.75. The molecule has 0 bridgehead atoms. The molecule has 4 nitrogen and oxygen atoms in total. The van der Waals surface area contributed by atoms with E-state index in [1.165, 1.54) is 5.56 Å². The number of rotatable bonds is 7. The lowest BCUT2D eigenvalue weighted by Gasteiger charge is -2.20. The number of carbonyl (C=O) groups excluding carboxylic acids is 1. The molecule has 0 radical (unpaired) electrons. The van der Waals surface area contributed by atoms with Crippen LogP contribution in [-0.2, 0) is 0 Å². The van der Waals surface area contributed by atoms with Crippen LogP contribution in [0.1, 0.15) is 42.9 Å². The third-order valence-corrected chi connectivity index (χ3v) is 4.79. The van der Waals surface area contributed by atoms with Crippen molar-refractivity contribution >= 4 is 6.03 Å². The van der Waals surface area contributed by atoms with Gasteiger partial charge in [0.2, 0.25) is 0 Å². The van der Waals surface area contributed by atoms with Gasteiger partial charge in [0.05, 0.1) is 13.2 Å². The second-order valence-corrected chi connectivity index (χ2v) is 6.75. The Morgan fingerprint density at radius 3 is 2.36 bits per heavy atom. The summed E-state index contributed by atoms with van der Waals surface area (Å²) in [5, 5.41) is 6.16. The molecule has 1 aliphatic carbocycles. The summed E-state index contributed by atoms with van der Waals surface area (Å²) in [4.78, 5) is 12.4. The Kier molecular flexibility index (Phi) is 5.59. The number of hydrogen-bond donors (Lipinski definition) is 2. The van der Waals surface area contributed by atoms with Crippen molar-refractivity contribution in [2.75, 3.05) is 13.7 Å². The molecule has 0 spiro atoms. The lowest BCUT2D eigenvalue weighted by atomic mass is 10.0. The highest BCUT2D eigenvalue weighted by Gasteiger charge is 2.33. The van der Waals surface area contributed by atoms with Crippen LogP contribution in [0.3, 0.4) is 0 Å². The molecule has 2 atom stereocenters. The number of urea groups is 1. The van der Waals surface area contributed by atoms with E-state index in [9.17, 15) is 4.79 Å². The molecule has 0 aromatic heterocycles. The monoisotopic (exact) mass is 338 g/mol. The number of ether oxygens (including phenoxy) is 1. The zero-order chi connectivity index (χ0) is 17.6. The fourth-order valence-corrected chi connectivity index (χ4v) is 3.05. The van der Waals surface area contributed by atoms with Crippen molar-refractivity contribution in [3.8, 4) is 5.75 Å². The molecule has 2 aromatic carbocycles. The molecule has 1 saturated carbocycles.